The van der Waals surface area contributed by atoms with Crippen LogP contribution in [0.2, 0.25) is 5.02 Å². The molecular weight excluding hydrogens is 416 g/mol. The fourth-order valence-electron chi connectivity index (χ4n) is 3.55. The van der Waals surface area contributed by atoms with Gasteiger partial charge in [0.2, 0.25) is 0 Å². The van der Waals surface area contributed by atoms with Crippen molar-refractivity contribution >= 4 is 44.3 Å². The van der Waals surface area contributed by atoms with Crippen molar-refractivity contribution in [2.45, 2.75) is 24.3 Å². The molecule has 2 aliphatic rings. The highest BCUT2D eigenvalue weighted by molar-refractivity contribution is 8.15. The average molecular weight is 435 g/mol. The Kier molecular flexibility index (Phi) is 5.49. The number of nitrogens with zero attached hydrogens (tertiary/aromatic N) is 2. The van der Waals surface area contributed by atoms with E-state index < -0.39 is 9.84 Å². The normalized spacial score (nSPS) is 24.5. The lowest BCUT2D eigenvalue weighted by Crippen LogP contribution is -2.37. The maximum atomic E-state index is 12.6. The number of benzene rings is 2. The smallest absolute Gasteiger partial charge is 0.252 e. The molecule has 1 amide bonds. The van der Waals surface area contributed by atoms with Crippen LogP contribution in [0.15, 0.2) is 59.6 Å². The molecule has 146 valence electrons. The minimum absolute atomic E-state index is 0.0828. The number of thioether (sulfide) groups is 1. The predicted molar refractivity (Wildman–Crippen MR) is 113 cm³/mol. The first-order valence-electron chi connectivity index (χ1n) is 8.94. The van der Waals surface area contributed by atoms with Crippen molar-refractivity contribution in [1.82, 2.24) is 4.90 Å². The lowest BCUT2D eigenvalue weighted by atomic mass is 10.1. The molecular formula is C20H19ClN2O3S2. The minimum atomic E-state index is -3.06. The van der Waals surface area contributed by atoms with Crippen molar-refractivity contribution in [2.75, 3.05) is 11.5 Å². The van der Waals surface area contributed by atoms with Crippen LogP contribution in [0, 0.1) is 0 Å². The van der Waals surface area contributed by atoms with Crippen molar-refractivity contribution in [3.63, 3.8) is 0 Å². The molecule has 0 aliphatic carbocycles. The number of amidine groups is 1. The second-order valence-electron chi connectivity index (χ2n) is 6.97. The third-order valence-electron chi connectivity index (χ3n) is 4.89. The van der Waals surface area contributed by atoms with Crippen LogP contribution in [0.5, 0.6) is 0 Å². The van der Waals surface area contributed by atoms with Crippen LogP contribution in [0.4, 0.5) is 0 Å². The minimum Gasteiger partial charge on any atom is -0.342 e. The fourth-order valence-corrected chi connectivity index (χ4v) is 7.72. The Morgan fingerprint density at radius 2 is 1.82 bits per heavy atom. The number of carbonyl (C=O) groups excluding carboxylic acids is 1. The lowest BCUT2D eigenvalue weighted by molar-refractivity contribution is -0.117. The molecule has 2 fully saturated rings. The molecule has 2 aromatic carbocycles. The quantitative estimate of drug-likeness (QED) is 0.739. The van der Waals surface area contributed by atoms with Crippen molar-refractivity contribution in [3.8, 4) is 0 Å². The van der Waals surface area contributed by atoms with Gasteiger partial charge >= 0.3 is 0 Å². The fraction of sp³-hybridized carbons (Fsp3) is 0.300. The van der Waals surface area contributed by atoms with Crippen molar-refractivity contribution in [2.24, 2.45) is 4.99 Å². The van der Waals surface area contributed by atoms with Gasteiger partial charge in [-0.05, 0) is 17.2 Å². The highest BCUT2D eigenvalue weighted by atomic mass is 35.5. The first kappa shape index (κ1) is 19.5. The summed E-state index contributed by atoms with van der Waals surface area (Å²) >= 11 is 7.54. The Morgan fingerprint density at radius 3 is 2.57 bits per heavy atom. The molecule has 28 heavy (non-hydrogen) atoms. The molecule has 2 atom stereocenters. The van der Waals surface area contributed by atoms with Crippen LogP contribution in [0.3, 0.4) is 0 Å². The molecule has 0 bridgehead atoms. The Bertz CT molecular complexity index is 1020. The molecule has 4 rings (SSSR count). The Labute approximate surface area is 173 Å². The molecule has 2 heterocycles. The largest absolute Gasteiger partial charge is 0.342 e. The van der Waals surface area contributed by atoms with E-state index in [4.69, 9.17) is 11.6 Å². The van der Waals surface area contributed by atoms with Gasteiger partial charge in [-0.15, -0.1) is 0 Å². The summed E-state index contributed by atoms with van der Waals surface area (Å²) in [5.74, 6) is -0.0443. The first-order valence-corrected chi connectivity index (χ1v) is 12.0. The molecule has 2 unspecified atom stereocenters. The van der Waals surface area contributed by atoms with E-state index in [-0.39, 0.29) is 35.1 Å². The number of amides is 1. The van der Waals surface area contributed by atoms with E-state index in [1.54, 1.807) is 6.07 Å². The van der Waals surface area contributed by atoms with Gasteiger partial charge in [0.1, 0.15) is 0 Å². The highest BCUT2D eigenvalue weighted by Gasteiger charge is 2.48. The van der Waals surface area contributed by atoms with E-state index in [9.17, 15) is 13.2 Å². The molecule has 2 saturated heterocycles. The van der Waals surface area contributed by atoms with E-state index in [2.05, 4.69) is 4.99 Å². The van der Waals surface area contributed by atoms with Crippen molar-refractivity contribution < 1.29 is 13.2 Å². The molecule has 2 aromatic rings. The van der Waals surface area contributed by atoms with Gasteiger partial charge in [-0.25, -0.2) is 8.42 Å². The van der Waals surface area contributed by atoms with Gasteiger partial charge in [-0.2, -0.15) is 4.99 Å². The highest BCUT2D eigenvalue weighted by Crippen LogP contribution is 2.39. The first-order chi connectivity index (χ1) is 13.4. The number of aliphatic imine (C=N–C) groups is 1. The summed E-state index contributed by atoms with van der Waals surface area (Å²) in [6.45, 7) is 0.530. The lowest BCUT2D eigenvalue weighted by Gasteiger charge is -2.24. The zero-order chi connectivity index (χ0) is 19.7. The molecule has 0 saturated carbocycles. The van der Waals surface area contributed by atoms with Crippen molar-refractivity contribution in [3.05, 3.63) is 70.7 Å². The SMILES string of the molecule is O=C(Cc1ccccc1Cl)N=C1SC2CS(=O)(=O)CC2N1Cc1ccccc1. The standard InChI is InChI=1S/C20H19ClN2O3S2/c21-16-9-5-4-8-15(16)10-19(24)22-20-23(11-14-6-2-1-3-7-14)17-12-28(25,26)13-18(17)27-20/h1-9,17-18H,10-13H2. The summed E-state index contributed by atoms with van der Waals surface area (Å²) in [6, 6.07) is 16.9. The van der Waals surface area contributed by atoms with E-state index in [0.717, 1.165) is 11.1 Å². The van der Waals surface area contributed by atoms with Gasteiger partial charge in [0.15, 0.2) is 15.0 Å². The number of carbonyl (C=O) groups is 1. The maximum absolute atomic E-state index is 12.6. The van der Waals surface area contributed by atoms with Gasteiger partial charge in [0.25, 0.3) is 5.91 Å². The summed E-state index contributed by atoms with van der Waals surface area (Å²) in [4.78, 5) is 18.9. The molecule has 5 nitrogen and oxygen atoms in total. The van der Waals surface area contributed by atoms with Crippen LogP contribution < -0.4 is 0 Å². The number of halogens is 1. The van der Waals surface area contributed by atoms with Crippen LogP contribution >= 0.6 is 23.4 Å². The zero-order valence-electron chi connectivity index (χ0n) is 15.0. The summed E-state index contributed by atoms with van der Waals surface area (Å²) in [6.07, 6.45) is 0.122. The predicted octanol–water partition coefficient (Wildman–Crippen LogP) is 3.18. The molecule has 0 aromatic heterocycles. The second-order valence-corrected chi connectivity index (χ2v) is 10.7. The summed E-state index contributed by atoms with van der Waals surface area (Å²) in [7, 11) is -3.06. The third-order valence-corrected chi connectivity index (χ3v) is 8.51. The third kappa shape index (κ3) is 4.26. The average Bonchev–Trinajstić information content (AvgIpc) is 3.10. The summed E-state index contributed by atoms with van der Waals surface area (Å²) in [5, 5.41) is 1.06. The van der Waals surface area contributed by atoms with E-state index >= 15 is 0 Å². The van der Waals surface area contributed by atoms with Gasteiger partial charge in [0.05, 0.1) is 24.0 Å². The number of fused-ring (bicyclic) bond motifs is 1. The second kappa shape index (κ2) is 7.89. The molecule has 2 aliphatic heterocycles. The molecule has 0 spiro atoms. The molecule has 0 N–H and O–H groups in total. The van der Waals surface area contributed by atoms with E-state index in [1.807, 2.05) is 53.4 Å². The van der Waals surface area contributed by atoms with Gasteiger partial charge in [-0.1, -0.05) is 71.9 Å². The zero-order valence-corrected chi connectivity index (χ0v) is 17.4. The Morgan fingerprint density at radius 1 is 1.11 bits per heavy atom. The van der Waals surface area contributed by atoms with Crippen LogP contribution in [-0.4, -0.2) is 47.2 Å². The Hall–Kier alpha value is -1.83. The number of hydrogen-bond donors (Lipinski definition) is 0. The number of rotatable bonds is 4. The summed E-state index contributed by atoms with van der Waals surface area (Å²) < 4.78 is 24.2. The maximum Gasteiger partial charge on any atom is 0.252 e. The van der Waals surface area contributed by atoms with Crippen LogP contribution in [0.1, 0.15) is 11.1 Å². The van der Waals surface area contributed by atoms with Crippen molar-refractivity contribution in [1.29, 1.82) is 0 Å². The van der Waals surface area contributed by atoms with E-state index in [0.29, 0.717) is 16.7 Å². The Balaban J connectivity index is 1.58. The molecule has 8 heteroatoms. The van der Waals surface area contributed by atoms with Crippen LogP contribution in [-0.2, 0) is 27.6 Å². The monoisotopic (exact) mass is 434 g/mol. The van der Waals surface area contributed by atoms with Gasteiger partial charge in [-0.3, -0.25) is 4.79 Å². The summed E-state index contributed by atoms with van der Waals surface area (Å²) in [5.41, 5.74) is 1.79. The van der Waals surface area contributed by atoms with Gasteiger partial charge in [0, 0.05) is 16.8 Å². The van der Waals surface area contributed by atoms with E-state index in [1.165, 1.54) is 11.8 Å². The van der Waals surface area contributed by atoms with Gasteiger partial charge < -0.3 is 4.90 Å². The molecule has 0 radical (unpaired) electrons. The number of hydrogen-bond acceptors (Lipinski definition) is 4. The number of sulfone groups is 1. The topological polar surface area (TPSA) is 66.8 Å². The van der Waals surface area contributed by atoms with Crippen LogP contribution in [0.25, 0.3) is 0 Å².